The quantitative estimate of drug-likeness (QED) is 0.775. The van der Waals surface area contributed by atoms with Crippen molar-refractivity contribution in [3.8, 4) is 11.5 Å². The summed E-state index contributed by atoms with van der Waals surface area (Å²) in [4.78, 5) is 12.3. The van der Waals surface area contributed by atoms with Crippen LogP contribution in [0.2, 0.25) is 0 Å². The van der Waals surface area contributed by atoms with E-state index in [1.54, 1.807) is 30.3 Å². The first-order valence-electron chi connectivity index (χ1n) is 9.26. The summed E-state index contributed by atoms with van der Waals surface area (Å²) < 4.78 is 38.7. The van der Waals surface area contributed by atoms with Gasteiger partial charge in [-0.05, 0) is 62.1 Å². The highest BCUT2D eigenvalue weighted by Crippen LogP contribution is 2.33. The largest absolute Gasteiger partial charge is 0.486 e. The highest BCUT2D eigenvalue weighted by atomic mass is 32.2. The number of hydrogen-bond acceptors (Lipinski definition) is 5. The van der Waals surface area contributed by atoms with Crippen LogP contribution in [-0.4, -0.2) is 33.6 Å². The molecule has 1 fully saturated rings. The third-order valence-corrected chi connectivity index (χ3v) is 6.29. The molecule has 0 aromatic heterocycles. The van der Waals surface area contributed by atoms with Gasteiger partial charge in [-0.15, -0.1) is 0 Å². The molecule has 148 valence electrons. The van der Waals surface area contributed by atoms with E-state index in [1.165, 1.54) is 12.1 Å². The van der Waals surface area contributed by atoms with Gasteiger partial charge in [0.1, 0.15) is 13.2 Å². The van der Waals surface area contributed by atoms with Crippen molar-refractivity contribution in [2.45, 2.75) is 30.7 Å². The van der Waals surface area contributed by atoms with Crippen molar-refractivity contribution >= 4 is 21.6 Å². The van der Waals surface area contributed by atoms with E-state index in [0.29, 0.717) is 41.9 Å². The molecule has 1 heterocycles. The lowest BCUT2D eigenvalue weighted by atomic mass is 10.1. The van der Waals surface area contributed by atoms with E-state index < -0.39 is 10.0 Å². The molecule has 28 heavy (non-hydrogen) atoms. The van der Waals surface area contributed by atoms with Gasteiger partial charge in [0.15, 0.2) is 11.5 Å². The van der Waals surface area contributed by atoms with Crippen LogP contribution >= 0.6 is 0 Å². The van der Waals surface area contributed by atoms with Gasteiger partial charge in [-0.1, -0.05) is 0 Å². The minimum absolute atomic E-state index is 0.0804. The molecular weight excluding hydrogens is 380 g/mol. The summed E-state index contributed by atoms with van der Waals surface area (Å²) in [5.41, 5.74) is 0.872. The highest BCUT2D eigenvalue weighted by Gasteiger charge is 2.29. The second kappa shape index (κ2) is 7.35. The number of amides is 1. The van der Waals surface area contributed by atoms with E-state index in [-0.39, 0.29) is 16.8 Å². The molecule has 0 radical (unpaired) electrons. The second-order valence-electron chi connectivity index (χ2n) is 7.09. The molecule has 1 atom stereocenters. The van der Waals surface area contributed by atoms with Crippen LogP contribution in [0.25, 0.3) is 0 Å². The number of sulfonamides is 1. The SMILES string of the molecule is C[C@@H](NC(=O)c1ccc(NS(=O)(=O)c2ccc3c(c2)OCCO3)cc1)C1CC1. The van der Waals surface area contributed by atoms with Crippen molar-refractivity contribution in [2.75, 3.05) is 17.9 Å². The zero-order chi connectivity index (χ0) is 19.7. The van der Waals surface area contributed by atoms with Crippen LogP contribution in [0.1, 0.15) is 30.1 Å². The van der Waals surface area contributed by atoms with Crippen LogP contribution in [0.4, 0.5) is 5.69 Å². The number of ether oxygens (including phenoxy) is 2. The zero-order valence-corrected chi connectivity index (χ0v) is 16.3. The van der Waals surface area contributed by atoms with Gasteiger partial charge in [0.05, 0.1) is 4.90 Å². The fraction of sp³-hybridized carbons (Fsp3) is 0.350. The summed E-state index contributed by atoms with van der Waals surface area (Å²) in [6.07, 6.45) is 2.31. The molecule has 1 aliphatic carbocycles. The van der Waals surface area contributed by atoms with Crippen LogP contribution in [0.3, 0.4) is 0 Å². The lowest BCUT2D eigenvalue weighted by molar-refractivity contribution is 0.0936. The Morgan fingerprint density at radius 2 is 1.71 bits per heavy atom. The fourth-order valence-electron chi connectivity index (χ4n) is 3.10. The van der Waals surface area contributed by atoms with Crippen LogP contribution in [0, 0.1) is 5.92 Å². The Kier molecular flexibility index (Phi) is 4.89. The first-order valence-corrected chi connectivity index (χ1v) is 10.7. The summed E-state index contributed by atoms with van der Waals surface area (Å²) in [6, 6.07) is 11.0. The Labute approximate surface area is 164 Å². The van der Waals surface area contributed by atoms with Crippen molar-refractivity contribution in [1.82, 2.24) is 5.32 Å². The molecule has 2 aromatic rings. The predicted octanol–water partition coefficient (Wildman–Crippen LogP) is 2.79. The summed E-state index contributed by atoms with van der Waals surface area (Å²) in [5, 5.41) is 2.98. The zero-order valence-electron chi connectivity index (χ0n) is 15.5. The summed E-state index contributed by atoms with van der Waals surface area (Å²) >= 11 is 0. The van der Waals surface area contributed by atoms with Crippen LogP contribution in [0.15, 0.2) is 47.4 Å². The molecule has 0 unspecified atom stereocenters. The van der Waals surface area contributed by atoms with E-state index in [1.807, 2.05) is 6.92 Å². The number of anilines is 1. The maximum Gasteiger partial charge on any atom is 0.262 e. The number of rotatable bonds is 6. The van der Waals surface area contributed by atoms with E-state index in [2.05, 4.69) is 10.0 Å². The van der Waals surface area contributed by atoms with Gasteiger partial charge >= 0.3 is 0 Å². The van der Waals surface area contributed by atoms with E-state index in [4.69, 9.17) is 9.47 Å². The first kappa shape index (κ1) is 18.6. The molecule has 1 aliphatic heterocycles. The average molecular weight is 402 g/mol. The highest BCUT2D eigenvalue weighted by molar-refractivity contribution is 7.92. The van der Waals surface area contributed by atoms with Crippen LogP contribution in [-0.2, 0) is 10.0 Å². The summed E-state index contributed by atoms with van der Waals surface area (Å²) in [6.45, 7) is 2.83. The fourth-order valence-corrected chi connectivity index (χ4v) is 4.17. The number of benzene rings is 2. The monoisotopic (exact) mass is 402 g/mol. The number of nitrogens with one attached hydrogen (secondary N) is 2. The van der Waals surface area contributed by atoms with E-state index >= 15 is 0 Å². The minimum atomic E-state index is -3.79. The summed E-state index contributed by atoms with van der Waals surface area (Å²) in [5.74, 6) is 1.36. The van der Waals surface area contributed by atoms with E-state index in [9.17, 15) is 13.2 Å². The molecule has 1 saturated carbocycles. The van der Waals surface area contributed by atoms with Gasteiger partial charge in [0, 0.05) is 23.4 Å². The Balaban J connectivity index is 1.45. The first-order chi connectivity index (χ1) is 13.4. The predicted molar refractivity (Wildman–Crippen MR) is 104 cm³/mol. The lowest BCUT2D eigenvalue weighted by Gasteiger charge is -2.19. The Morgan fingerprint density at radius 1 is 1.04 bits per heavy atom. The van der Waals surface area contributed by atoms with Gasteiger partial charge in [-0.2, -0.15) is 0 Å². The van der Waals surface area contributed by atoms with Gasteiger partial charge in [0.2, 0.25) is 0 Å². The van der Waals surface area contributed by atoms with Crippen molar-refractivity contribution in [3.63, 3.8) is 0 Å². The van der Waals surface area contributed by atoms with Gasteiger partial charge < -0.3 is 14.8 Å². The Bertz CT molecular complexity index is 984. The maximum absolute atomic E-state index is 12.6. The van der Waals surface area contributed by atoms with Crippen molar-refractivity contribution < 1.29 is 22.7 Å². The van der Waals surface area contributed by atoms with Gasteiger partial charge in [0.25, 0.3) is 15.9 Å². The van der Waals surface area contributed by atoms with E-state index in [0.717, 1.165) is 12.8 Å². The minimum Gasteiger partial charge on any atom is -0.486 e. The number of fused-ring (bicyclic) bond motifs is 1. The normalized spacial score (nSPS) is 16.9. The van der Waals surface area contributed by atoms with Crippen molar-refractivity contribution in [3.05, 3.63) is 48.0 Å². The topological polar surface area (TPSA) is 93.7 Å². The van der Waals surface area contributed by atoms with Gasteiger partial charge in [-0.3, -0.25) is 9.52 Å². The standard InChI is InChI=1S/C20H22N2O5S/c1-13(14-2-3-14)21-20(23)15-4-6-16(7-5-15)22-28(24,25)17-8-9-18-19(12-17)27-11-10-26-18/h4-9,12-14,22H,2-3,10-11H2,1H3,(H,21,23)/t13-/m1/s1. The number of hydrogen-bond donors (Lipinski definition) is 2. The van der Waals surface area contributed by atoms with Gasteiger partial charge in [-0.25, -0.2) is 8.42 Å². The average Bonchev–Trinajstić information content (AvgIpc) is 3.53. The second-order valence-corrected chi connectivity index (χ2v) is 8.77. The molecule has 0 bridgehead atoms. The maximum atomic E-state index is 12.6. The molecule has 2 aliphatic rings. The van der Waals surface area contributed by atoms with Crippen molar-refractivity contribution in [2.24, 2.45) is 5.92 Å². The van der Waals surface area contributed by atoms with Crippen LogP contribution < -0.4 is 19.5 Å². The molecule has 8 heteroatoms. The third kappa shape index (κ3) is 4.06. The number of carbonyl (C=O) groups excluding carboxylic acids is 1. The smallest absolute Gasteiger partial charge is 0.262 e. The molecule has 2 aromatic carbocycles. The molecular formula is C20H22N2O5S. The Morgan fingerprint density at radius 3 is 2.39 bits per heavy atom. The molecule has 2 N–H and O–H groups in total. The van der Waals surface area contributed by atoms with Crippen molar-refractivity contribution in [1.29, 1.82) is 0 Å². The molecule has 0 spiro atoms. The molecule has 4 rings (SSSR count). The molecule has 7 nitrogen and oxygen atoms in total. The molecule has 1 amide bonds. The third-order valence-electron chi connectivity index (χ3n) is 4.91. The lowest BCUT2D eigenvalue weighted by Crippen LogP contribution is -2.33. The molecule has 0 saturated heterocycles. The Hall–Kier alpha value is -2.74. The number of carbonyl (C=O) groups is 1. The van der Waals surface area contributed by atoms with Crippen LogP contribution in [0.5, 0.6) is 11.5 Å². The summed E-state index contributed by atoms with van der Waals surface area (Å²) in [7, 11) is -3.79.